The Morgan fingerprint density at radius 1 is 1.12 bits per heavy atom. The maximum absolute atomic E-state index is 12.4. The van der Waals surface area contributed by atoms with Crippen molar-refractivity contribution in [2.75, 3.05) is 31.1 Å². The van der Waals surface area contributed by atoms with Crippen LogP contribution in [0.15, 0.2) is 40.2 Å². The summed E-state index contributed by atoms with van der Waals surface area (Å²) >= 11 is 0. The molecule has 1 N–H and O–H groups in total. The van der Waals surface area contributed by atoms with Gasteiger partial charge in [0.2, 0.25) is 0 Å². The Morgan fingerprint density at radius 3 is 2.66 bits per heavy atom. The Balaban J connectivity index is 1.31. The third-order valence-electron chi connectivity index (χ3n) is 6.29. The second-order valence-electron chi connectivity index (χ2n) is 8.45. The van der Waals surface area contributed by atoms with E-state index < -0.39 is 0 Å². The standard InChI is InChI=1S/C23H27N7O2/c1-4-16-13-30-20(25-22(16)31)12-18(26-30)14-28-7-9-29(10-8-28)19-11-17-5-6-27(3)23(32)21(17)24-15(19)2/h5-6,11-13H,4,7-10,14H2,1-3H3,(H,25,31). The predicted molar refractivity (Wildman–Crippen MR) is 124 cm³/mol. The van der Waals surface area contributed by atoms with Gasteiger partial charge in [0.05, 0.1) is 17.1 Å². The largest absolute Gasteiger partial charge is 0.367 e. The first-order valence-corrected chi connectivity index (χ1v) is 11.0. The average Bonchev–Trinajstić information content (AvgIpc) is 3.17. The van der Waals surface area contributed by atoms with E-state index in [4.69, 9.17) is 0 Å². The summed E-state index contributed by atoms with van der Waals surface area (Å²) in [6.07, 6.45) is 4.29. The zero-order chi connectivity index (χ0) is 22.4. The van der Waals surface area contributed by atoms with E-state index in [-0.39, 0.29) is 11.1 Å². The van der Waals surface area contributed by atoms with Crippen molar-refractivity contribution < 1.29 is 0 Å². The molecular formula is C23H27N7O2. The zero-order valence-corrected chi connectivity index (χ0v) is 18.6. The van der Waals surface area contributed by atoms with Crippen molar-refractivity contribution in [3.05, 3.63) is 68.3 Å². The number of fused-ring (bicyclic) bond motifs is 2. The Morgan fingerprint density at radius 2 is 1.91 bits per heavy atom. The first kappa shape index (κ1) is 20.4. The lowest BCUT2D eigenvalue weighted by Gasteiger charge is -2.36. The van der Waals surface area contributed by atoms with E-state index in [1.807, 2.05) is 32.2 Å². The number of H-pyrrole nitrogens is 1. The van der Waals surface area contributed by atoms with E-state index in [1.54, 1.807) is 22.3 Å². The van der Waals surface area contributed by atoms with E-state index in [2.05, 4.69) is 30.9 Å². The van der Waals surface area contributed by atoms with Crippen LogP contribution >= 0.6 is 0 Å². The molecule has 0 bridgehead atoms. The molecule has 4 aromatic heterocycles. The highest BCUT2D eigenvalue weighted by Gasteiger charge is 2.21. The highest BCUT2D eigenvalue weighted by molar-refractivity contribution is 5.82. The molecule has 9 nitrogen and oxygen atoms in total. The summed E-state index contributed by atoms with van der Waals surface area (Å²) in [6, 6.07) is 5.98. The summed E-state index contributed by atoms with van der Waals surface area (Å²) in [5.41, 5.74) is 4.78. The van der Waals surface area contributed by atoms with Crippen molar-refractivity contribution in [2.45, 2.75) is 26.8 Å². The van der Waals surface area contributed by atoms with Gasteiger partial charge in [-0.2, -0.15) is 5.10 Å². The molecule has 9 heteroatoms. The number of nitrogens with one attached hydrogen (secondary N) is 1. The summed E-state index contributed by atoms with van der Waals surface area (Å²) in [4.78, 5) is 36.6. The Kier molecular flexibility index (Phi) is 5.05. The van der Waals surface area contributed by atoms with Crippen molar-refractivity contribution >= 4 is 22.2 Å². The van der Waals surface area contributed by atoms with Gasteiger partial charge in [0.1, 0.15) is 11.2 Å². The second-order valence-corrected chi connectivity index (χ2v) is 8.45. The summed E-state index contributed by atoms with van der Waals surface area (Å²) in [7, 11) is 1.75. The average molecular weight is 434 g/mol. The van der Waals surface area contributed by atoms with Gasteiger partial charge in [0, 0.05) is 69.2 Å². The van der Waals surface area contributed by atoms with Crippen molar-refractivity contribution in [2.24, 2.45) is 7.05 Å². The van der Waals surface area contributed by atoms with E-state index in [1.165, 1.54) is 0 Å². The Labute approximate surface area is 184 Å². The summed E-state index contributed by atoms with van der Waals surface area (Å²) < 4.78 is 3.32. The molecule has 1 saturated heterocycles. The number of anilines is 1. The van der Waals surface area contributed by atoms with Crippen LogP contribution in [-0.4, -0.2) is 55.2 Å². The molecule has 0 aromatic carbocycles. The minimum atomic E-state index is -0.0678. The molecule has 1 fully saturated rings. The van der Waals surface area contributed by atoms with Gasteiger partial charge in [-0.15, -0.1) is 0 Å². The Bertz CT molecular complexity index is 1420. The third kappa shape index (κ3) is 3.58. The molecule has 1 aliphatic rings. The monoisotopic (exact) mass is 433 g/mol. The number of aryl methyl sites for hydroxylation is 3. The lowest BCUT2D eigenvalue weighted by atomic mass is 10.1. The van der Waals surface area contributed by atoms with Crippen LogP contribution in [0, 0.1) is 6.92 Å². The molecule has 166 valence electrons. The molecule has 0 atom stereocenters. The number of rotatable bonds is 4. The van der Waals surface area contributed by atoms with Gasteiger partial charge in [-0.3, -0.25) is 14.5 Å². The van der Waals surface area contributed by atoms with Crippen molar-refractivity contribution in [3.8, 4) is 0 Å². The molecule has 5 heterocycles. The minimum Gasteiger partial charge on any atom is -0.367 e. The van der Waals surface area contributed by atoms with Crippen LogP contribution < -0.4 is 16.0 Å². The lowest BCUT2D eigenvalue weighted by molar-refractivity contribution is 0.246. The van der Waals surface area contributed by atoms with Crippen LogP contribution in [0.25, 0.3) is 16.6 Å². The van der Waals surface area contributed by atoms with Crippen LogP contribution in [-0.2, 0) is 20.0 Å². The lowest BCUT2D eigenvalue weighted by Crippen LogP contribution is -2.46. The molecule has 0 spiro atoms. The molecule has 1 aliphatic heterocycles. The SMILES string of the molecule is CCc1cn2nc(CN3CCN(c4cc5ccn(C)c(=O)c5nc4C)CC3)cc2[nH]c1=O. The van der Waals surface area contributed by atoms with Gasteiger partial charge in [-0.25, -0.2) is 9.50 Å². The number of hydrogen-bond acceptors (Lipinski definition) is 6. The maximum Gasteiger partial charge on any atom is 0.276 e. The normalized spacial score (nSPS) is 15.2. The maximum atomic E-state index is 12.4. The van der Waals surface area contributed by atoms with Gasteiger partial charge >= 0.3 is 0 Å². The topological polar surface area (TPSA) is 91.5 Å². The van der Waals surface area contributed by atoms with Crippen LogP contribution in [0.1, 0.15) is 23.9 Å². The zero-order valence-electron chi connectivity index (χ0n) is 18.6. The first-order valence-electron chi connectivity index (χ1n) is 11.0. The van der Waals surface area contributed by atoms with Gasteiger partial charge < -0.3 is 14.5 Å². The Hall–Kier alpha value is -3.46. The molecule has 32 heavy (non-hydrogen) atoms. The molecule has 0 aliphatic carbocycles. The molecule has 0 unspecified atom stereocenters. The summed E-state index contributed by atoms with van der Waals surface area (Å²) in [5, 5.41) is 5.52. The fourth-order valence-electron chi connectivity index (χ4n) is 4.40. The second kappa shape index (κ2) is 7.90. The predicted octanol–water partition coefficient (Wildman–Crippen LogP) is 1.46. The summed E-state index contributed by atoms with van der Waals surface area (Å²) in [6.45, 7) is 8.23. The highest BCUT2D eigenvalue weighted by atomic mass is 16.1. The van der Waals surface area contributed by atoms with Gasteiger partial charge in [0.15, 0.2) is 0 Å². The molecule has 5 rings (SSSR count). The number of piperazine rings is 1. The highest BCUT2D eigenvalue weighted by Crippen LogP contribution is 2.24. The van der Waals surface area contributed by atoms with Gasteiger partial charge in [-0.05, 0) is 25.5 Å². The van der Waals surface area contributed by atoms with Crippen LogP contribution in [0.2, 0.25) is 0 Å². The van der Waals surface area contributed by atoms with Crippen LogP contribution in [0.4, 0.5) is 5.69 Å². The van der Waals surface area contributed by atoms with Crippen molar-refractivity contribution in [3.63, 3.8) is 0 Å². The van der Waals surface area contributed by atoms with Crippen LogP contribution in [0.3, 0.4) is 0 Å². The molecule has 0 saturated carbocycles. The molecule has 4 aromatic rings. The van der Waals surface area contributed by atoms with Gasteiger partial charge in [-0.1, -0.05) is 6.92 Å². The molecule has 0 radical (unpaired) electrons. The number of nitrogens with zero attached hydrogens (tertiary/aromatic N) is 6. The fraction of sp³-hybridized carbons (Fsp3) is 0.391. The van der Waals surface area contributed by atoms with E-state index in [0.717, 1.165) is 66.4 Å². The fourth-order valence-corrected chi connectivity index (χ4v) is 4.40. The summed E-state index contributed by atoms with van der Waals surface area (Å²) in [5.74, 6) is 0. The molecular weight excluding hydrogens is 406 g/mol. The third-order valence-corrected chi connectivity index (χ3v) is 6.29. The number of pyridine rings is 2. The molecule has 0 amide bonds. The number of aromatic amines is 1. The number of aromatic nitrogens is 5. The quantitative estimate of drug-likeness (QED) is 0.524. The minimum absolute atomic E-state index is 0.0442. The van der Waals surface area contributed by atoms with Crippen molar-refractivity contribution in [1.29, 1.82) is 0 Å². The van der Waals surface area contributed by atoms with Gasteiger partial charge in [0.25, 0.3) is 11.1 Å². The van der Waals surface area contributed by atoms with E-state index >= 15 is 0 Å². The van der Waals surface area contributed by atoms with Crippen molar-refractivity contribution in [1.82, 2.24) is 29.0 Å². The van der Waals surface area contributed by atoms with E-state index in [9.17, 15) is 9.59 Å². The first-order chi connectivity index (χ1) is 15.4. The number of hydrogen-bond donors (Lipinski definition) is 1. The van der Waals surface area contributed by atoms with Crippen LogP contribution in [0.5, 0.6) is 0 Å². The van der Waals surface area contributed by atoms with E-state index in [0.29, 0.717) is 11.9 Å². The smallest absolute Gasteiger partial charge is 0.276 e.